The Morgan fingerprint density at radius 2 is 1.73 bits per heavy atom. The minimum Gasteiger partial charge on any atom is -0.321 e. The molecule has 1 heterocycles. The first-order valence-electron chi connectivity index (χ1n) is 5.15. The topological polar surface area (TPSA) is 3.24 Å². The van der Waals surface area contributed by atoms with E-state index in [4.69, 9.17) is 0 Å². The van der Waals surface area contributed by atoms with Gasteiger partial charge in [-0.1, -0.05) is 30.4 Å². The van der Waals surface area contributed by atoms with Crippen molar-refractivity contribution >= 4 is 5.69 Å². The van der Waals surface area contributed by atoms with Crippen LogP contribution in [0.25, 0.3) is 0 Å². The van der Waals surface area contributed by atoms with E-state index < -0.39 is 0 Å². The largest absolute Gasteiger partial charge is 0.321 e. The number of hydrogen-bond acceptors (Lipinski definition) is 1. The van der Waals surface area contributed by atoms with Crippen molar-refractivity contribution in [3.63, 3.8) is 0 Å². The molecule has 0 radical (unpaired) electrons. The molecule has 1 aromatic rings. The Morgan fingerprint density at radius 1 is 1.00 bits per heavy atom. The van der Waals surface area contributed by atoms with Crippen molar-refractivity contribution in [2.24, 2.45) is 0 Å². The summed E-state index contributed by atoms with van der Waals surface area (Å²) in [7, 11) is 0. The lowest BCUT2D eigenvalue weighted by Gasteiger charge is -2.21. The van der Waals surface area contributed by atoms with Crippen LogP contribution >= 0.6 is 0 Å². The summed E-state index contributed by atoms with van der Waals surface area (Å²) in [6.45, 7) is 4.23. The molecular formula is C14H15N. The van der Waals surface area contributed by atoms with Crippen LogP contribution in [0.2, 0.25) is 0 Å². The predicted molar refractivity (Wildman–Crippen MR) is 65.6 cm³/mol. The molecule has 0 unspecified atom stereocenters. The molecule has 0 aliphatic carbocycles. The standard InChI is InChI=1S/C14H15N/c1-12-7-6-8-13(2)15(11-12)14-9-4-3-5-10-14/h3-11H,1-2H3. The van der Waals surface area contributed by atoms with Crippen LogP contribution < -0.4 is 4.90 Å². The summed E-state index contributed by atoms with van der Waals surface area (Å²) in [5, 5.41) is 0. The Bertz CT molecular complexity index is 424. The van der Waals surface area contributed by atoms with Crippen LogP contribution in [0.1, 0.15) is 13.8 Å². The second-order valence-electron chi connectivity index (χ2n) is 3.75. The predicted octanol–water partition coefficient (Wildman–Crippen LogP) is 3.87. The van der Waals surface area contributed by atoms with Gasteiger partial charge in [-0.15, -0.1) is 0 Å². The number of allylic oxidation sites excluding steroid dienone is 5. The molecule has 1 aromatic carbocycles. The lowest BCUT2D eigenvalue weighted by molar-refractivity contribution is 1.14. The van der Waals surface area contributed by atoms with Gasteiger partial charge in [0.1, 0.15) is 0 Å². The monoisotopic (exact) mass is 197 g/mol. The Kier molecular flexibility index (Phi) is 2.72. The highest BCUT2D eigenvalue weighted by atomic mass is 15.1. The number of para-hydroxylation sites is 1. The second kappa shape index (κ2) is 4.18. The minimum absolute atomic E-state index is 1.20. The molecule has 0 fully saturated rings. The summed E-state index contributed by atoms with van der Waals surface area (Å²) in [4.78, 5) is 2.20. The van der Waals surface area contributed by atoms with E-state index in [2.05, 4.69) is 67.4 Å². The van der Waals surface area contributed by atoms with Gasteiger partial charge in [-0.05, 0) is 37.6 Å². The van der Waals surface area contributed by atoms with Gasteiger partial charge in [0.25, 0.3) is 0 Å². The summed E-state index contributed by atoms with van der Waals surface area (Å²) in [6, 6.07) is 10.4. The van der Waals surface area contributed by atoms with Crippen molar-refractivity contribution in [1.82, 2.24) is 0 Å². The molecule has 0 saturated carbocycles. The van der Waals surface area contributed by atoms with Crippen molar-refractivity contribution in [3.8, 4) is 0 Å². The molecule has 76 valence electrons. The lowest BCUT2D eigenvalue weighted by atomic mass is 10.2. The van der Waals surface area contributed by atoms with Gasteiger partial charge in [-0.2, -0.15) is 0 Å². The van der Waals surface area contributed by atoms with Crippen LogP contribution in [-0.4, -0.2) is 0 Å². The highest BCUT2D eigenvalue weighted by Crippen LogP contribution is 2.22. The van der Waals surface area contributed by atoms with Gasteiger partial charge < -0.3 is 4.90 Å². The zero-order chi connectivity index (χ0) is 10.7. The van der Waals surface area contributed by atoms with Gasteiger partial charge in [-0.25, -0.2) is 0 Å². The summed E-state index contributed by atoms with van der Waals surface area (Å²) >= 11 is 0. The fraction of sp³-hybridized carbons (Fsp3) is 0.143. The van der Waals surface area contributed by atoms with E-state index in [1.54, 1.807) is 0 Å². The average molecular weight is 197 g/mol. The molecule has 1 aliphatic rings. The number of hydrogen-bond donors (Lipinski definition) is 0. The van der Waals surface area contributed by atoms with Crippen molar-refractivity contribution in [3.05, 3.63) is 66.0 Å². The van der Waals surface area contributed by atoms with Gasteiger partial charge in [0.2, 0.25) is 0 Å². The smallest absolute Gasteiger partial charge is 0.0452 e. The fourth-order valence-corrected chi connectivity index (χ4v) is 1.63. The summed E-state index contributed by atoms with van der Waals surface area (Å²) in [5.41, 5.74) is 3.69. The Morgan fingerprint density at radius 3 is 2.47 bits per heavy atom. The number of nitrogens with zero attached hydrogens (tertiary/aromatic N) is 1. The third kappa shape index (κ3) is 2.18. The van der Waals surface area contributed by atoms with E-state index in [9.17, 15) is 0 Å². The molecule has 0 atom stereocenters. The Labute approximate surface area is 91.0 Å². The van der Waals surface area contributed by atoms with Crippen molar-refractivity contribution in [2.45, 2.75) is 13.8 Å². The number of rotatable bonds is 1. The zero-order valence-electron chi connectivity index (χ0n) is 9.14. The molecular weight excluding hydrogens is 182 g/mol. The SMILES string of the molecule is CC1=CN(c2ccccc2)C(C)=CC=C1. The molecule has 0 spiro atoms. The highest BCUT2D eigenvalue weighted by molar-refractivity contribution is 5.57. The summed E-state index contributed by atoms with van der Waals surface area (Å²) in [6.07, 6.45) is 8.49. The molecule has 0 bridgehead atoms. The summed E-state index contributed by atoms with van der Waals surface area (Å²) in [5.74, 6) is 0. The number of benzene rings is 1. The lowest BCUT2D eigenvalue weighted by Crippen LogP contribution is -2.12. The first-order chi connectivity index (χ1) is 7.27. The van der Waals surface area contributed by atoms with Crippen LogP contribution in [0.15, 0.2) is 66.0 Å². The van der Waals surface area contributed by atoms with Gasteiger partial charge in [-0.3, -0.25) is 0 Å². The molecule has 1 heteroatoms. The van der Waals surface area contributed by atoms with E-state index in [0.29, 0.717) is 0 Å². The molecule has 0 saturated heterocycles. The highest BCUT2D eigenvalue weighted by Gasteiger charge is 2.06. The first kappa shape index (κ1) is 9.78. The van der Waals surface area contributed by atoms with E-state index in [1.165, 1.54) is 17.0 Å². The van der Waals surface area contributed by atoms with Gasteiger partial charge in [0.15, 0.2) is 0 Å². The third-order valence-corrected chi connectivity index (χ3v) is 2.44. The molecule has 15 heavy (non-hydrogen) atoms. The first-order valence-corrected chi connectivity index (χ1v) is 5.15. The van der Waals surface area contributed by atoms with E-state index in [-0.39, 0.29) is 0 Å². The van der Waals surface area contributed by atoms with Gasteiger partial charge >= 0.3 is 0 Å². The van der Waals surface area contributed by atoms with Crippen molar-refractivity contribution in [1.29, 1.82) is 0 Å². The molecule has 0 aromatic heterocycles. The quantitative estimate of drug-likeness (QED) is 0.660. The Hall–Kier alpha value is -1.76. The fourth-order valence-electron chi connectivity index (χ4n) is 1.63. The maximum atomic E-state index is 2.20. The molecule has 1 nitrogen and oxygen atoms in total. The average Bonchev–Trinajstić information content (AvgIpc) is 2.42. The molecule has 1 aliphatic heterocycles. The zero-order valence-corrected chi connectivity index (χ0v) is 9.14. The third-order valence-electron chi connectivity index (χ3n) is 2.44. The van der Waals surface area contributed by atoms with Crippen LogP contribution in [0, 0.1) is 0 Å². The van der Waals surface area contributed by atoms with Crippen LogP contribution in [0.5, 0.6) is 0 Å². The minimum atomic E-state index is 1.20. The maximum absolute atomic E-state index is 2.20. The van der Waals surface area contributed by atoms with Gasteiger partial charge in [0, 0.05) is 17.6 Å². The maximum Gasteiger partial charge on any atom is 0.0452 e. The second-order valence-corrected chi connectivity index (χ2v) is 3.75. The van der Waals surface area contributed by atoms with Gasteiger partial charge in [0.05, 0.1) is 0 Å². The van der Waals surface area contributed by atoms with E-state index >= 15 is 0 Å². The van der Waals surface area contributed by atoms with Crippen LogP contribution in [0.4, 0.5) is 5.69 Å². The van der Waals surface area contributed by atoms with Crippen molar-refractivity contribution in [2.75, 3.05) is 4.90 Å². The van der Waals surface area contributed by atoms with Crippen LogP contribution in [0.3, 0.4) is 0 Å². The van der Waals surface area contributed by atoms with E-state index in [1.807, 2.05) is 6.07 Å². The van der Waals surface area contributed by atoms with Crippen molar-refractivity contribution < 1.29 is 0 Å². The van der Waals surface area contributed by atoms with Crippen LogP contribution in [-0.2, 0) is 0 Å². The normalized spacial score (nSPS) is 15.7. The number of anilines is 1. The van der Waals surface area contributed by atoms with E-state index in [0.717, 1.165) is 0 Å². The Balaban J connectivity index is 2.40. The molecule has 0 amide bonds. The molecule has 0 N–H and O–H groups in total. The molecule has 2 rings (SSSR count). The summed E-state index contributed by atoms with van der Waals surface area (Å²) < 4.78 is 0.